The van der Waals surface area contributed by atoms with E-state index in [-0.39, 0.29) is 17.0 Å². The molecule has 27 heavy (non-hydrogen) atoms. The Kier molecular flexibility index (Phi) is 4.20. The first-order chi connectivity index (χ1) is 12.5. The Morgan fingerprint density at radius 1 is 1.19 bits per heavy atom. The molecule has 0 radical (unpaired) electrons. The molecule has 3 fully saturated rings. The zero-order valence-corrected chi connectivity index (χ0v) is 14.9. The van der Waals surface area contributed by atoms with Crippen LogP contribution < -0.4 is 37.7 Å². The average molecular weight is 407 g/mol. The summed E-state index contributed by atoms with van der Waals surface area (Å²) in [6.45, 7) is 0.986. The van der Waals surface area contributed by atoms with E-state index in [1.165, 1.54) is 6.07 Å². The number of hydrogen-bond donors (Lipinski definition) is 6. The van der Waals surface area contributed by atoms with Crippen molar-refractivity contribution in [2.24, 2.45) is 16.3 Å². The van der Waals surface area contributed by atoms with E-state index in [1.54, 1.807) is 0 Å². The van der Waals surface area contributed by atoms with Gasteiger partial charge in [0.2, 0.25) is 10.0 Å². The summed E-state index contributed by atoms with van der Waals surface area (Å²) in [4.78, 5) is 0.886. The number of nitrogens with one attached hydrogen (secondary N) is 4. The Hall–Kier alpha value is -1.48. The quantitative estimate of drug-likeness (QED) is 0.391. The van der Waals surface area contributed by atoms with Crippen molar-refractivity contribution in [2.45, 2.75) is 36.1 Å². The minimum atomic E-state index is -4.88. The summed E-state index contributed by atoms with van der Waals surface area (Å²) in [6, 6.07) is 1.92. The number of nitrogens with zero attached hydrogens (tertiary/aromatic N) is 1. The third-order valence-corrected chi connectivity index (χ3v) is 6.50. The van der Waals surface area contributed by atoms with Crippen LogP contribution in [0.5, 0.6) is 0 Å². The smallest absolute Gasteiger partial charge is 0.369 e. The van der Waals surface area contributed by atoms with E-state index in [2.05, 4.69) is 21.9 Å². The fourth-order valence-electron chi connectivity index (χ4n) is 3.94. The lowest BCUT2D eigenvalue weighted by molar-refractivity contribution is -0.140. The molecule has 2 aliphatic heterocycles. The number of primary sulfonamides is 1. The number of anilines is 1. The maximum Gasteiger partial charge on any atom is 0.417 e. The van der Waals surface area contributed by atoms with Gasteiger partial charge in [0.05, 0.1) is 5.56 Å². The number of sulfonamides is 1. The lowest BCUT2D eigenvalue weighted by atomic mass is 10.0. The highest BCUT2D eigenvalue weighted by Gasteiger charge is 2.54. The van der Waals surface area contributed by atoms with Gasteiger partial charge in [0.25, 0.3) is 0 Å². The van der Waals surface area contributed by atoms with Crippen molar-refractivity contribution in [1.82, 2.24) is 21.9 Å². The molecule has 2 saturated heterocycles. The van der Waals surface area contributed by atoms with Crippen molar-refractivity contribution in [3.8, 4) is 0 Å². The van der Waals surface area contributed by atoms with Crippen LogP contribution in [0.2, 0.25) is 0 Å². The van der Waals surface area contributed by atoms with Gasteiger partial charge >= 0.3 is 6.18 Å². The van der Waals surface area contributed by atoms with Gasteiger partial charge in [-0.25, -0.2) is 24.4 Å². The molecule has 1 aromatic carbocycles. The minimum absolute atomic E-state index is 0.0469. The van der Waals surface area contributed by atoms with E-state index in [0.717, 1.165) is 18.9 Å². The molecule has 3 aliphatic rings. The summed E-state index contributed by atoms with van der Waals surface area (Å²) in [5.41, 5.74) is 15.4. The van der Waals surface area contributed by atoms with E-state index in [0.29, 0.717) is 18.8 Å². The summed E-state index contributed by atoms with van der Waals surface area (Å²) in [5, 5.41) is 5.22. The molecule has 0 amide bonds. The second-order valence-corrected chi connectivity index (χ2v) is 8.74. The zero-order valence-electron chi connectivity index (χ0n) is 14.1. The number of alkyl halides is 3. The van der Waals surface area contributed by atoms with E-state index in [4.69, 9.17) is 10.9 Å². The van der Waals surface area contributed by atoms with Gasteiger partial charge in [-0.3, -0.25) is 0 Å². The van der Waals surface area contributed by atoms with Crippen molar-refractivity contribution in [3.05, 3.63) is 23.3 Å². The zero-order chi connectivity index (χ0) is 19.6. The number of benzene rings is 1. The van der Waals surface area contributed by atoms with Crippen molar-refractivity contribution >= 4 is 15.7 Å². The number of halogens is 3. The fourth-order valence-corrected chi connectivity index (χ4v) is 4.96. The molecule has 1 atom stereocenters. The molecule has 150 valence electrons. The third-order valence-electron chi connectivity index (χ3n) is 5.49. The van der Waals surface area contributed by atoms with Crippen LogP contribution >= 0.6 is 0 Å². The van der Waals surface area contributed by atoms with Crippen LogP contribution in [0.25, 0.3) is 0 Å². The topological polar surface area (TPSA) is 138 Å². The van der Waals surface area contributed by atoms with E-state index in [1.807, 2.05) is 4.90 Å². The minimum Gasteiger partial charge on any atom is -0.369 e. The molecule has 1 saturated carbocycles. The van der Waals surface area contributed by atoms with Crippen LogP contribution in [0.1, 0.15) is 30.1 Å². The molecule has 13 heteroatoms. The molecule has 1 aromatic rings. The molecule has 4 rings (SSSR count). The van der Waals surface area contributed by atoms with Crippen LogP contribution in [0, 0.1) is 5.41 Å². The number of nitrogens with two attached hydrogens (primary N) is 2. The molecular formula is C14H20F3N7O2S. The van der Waals surface area contributed by atoms with Crippen LogP contribution in [-0.2, 0) is 16.2 Å². The summed E-state index contributed by atoms with van der Waals surface area (Å²) >= 11 is 0. The number of hydrogen-bond acceptors (Lipinski definition) is 8. The summed E-state index contributed by atoms with van der Waals surface area (Å²) in [6.07, 6.45) is -3.94. The average Bonchev–Trinajstić information content (AvgIpc) is 3.01. The predicted molar refractivity (Wildman–Crippen MR) is 90.0 cm³/mol. The van der Waals surface area contributed by atoms with E-state index < -0.39 is 32.8 Å². The molecule has 0 aromatic heterocycles. The summed E-state index contributed by atoms with van der Waals surface area (Å²) in [5.74, 6) is 0. The Balaban J connectivity index is 1.91. The highest BCUT2D eigenvalue weighted by Crippen LogP contribution is 2.53. The van der Waals surface area contributed by atoms with Gasteiger partial charge in [-0.15, -0.1) is 0 Å². The molecular weight excluding hydrogens is 387 g/mol. The molecule has 2 heterocycles. The third kappa shape index (κ3) is 3.18. The summed E-state index contributed by atoms with van der Waals surface area (Å²) < 4.78 is 64.9. The van der Waals surface area contributed by atoms with Crippen LogP contribution in [0.4, 0.5) is 18.9 Å². The number of rotatable bonds is 3. The van der Waals surface area contributed by atoms with Gasteiger partial charge in [0.1, 0.15) is 11.1 Å². The second-order valence-electron chi connectivity index (χ2n) is 7.24. The molecule has 0 unspecified atom stereocenters. The molecule has 9 nitrogen and oxygen atoms in total. The first-order valence-corrected chi connectivity index (χ1v) is 9.86. The van der Waals surface area contributed by atoms with E-state index in [9.17, 15) is 21.6 Å². The standard InChI is InChI=1S/C14H20F3N7O2S/c15-14(16,17)7-1-2-8(24-5-9(18)13(6-24)3-4-13)10(11(7)27(19,25)26)12-20-22-23-21-12/h1-2,9,12,20-23H,3-6,18H2,(H2,19,25,26)/t9-/m1/s1. The van der Waals surface area contributed by atoms with Crippen LogP contribution in [-0.4, -0.2) is 27.5 Å². The van der Waals surface area contributed by atoms with Gasteiger partial charge in [-0.1, -0.05) is 0 Å². The van der Waals surface area contributed by atoms with Crippen molar-refractivity contribution in [2.75, 3.05) is 18.0 Å². The van der Waals surface area contributed by atoms with Gasteiger partial charge in [0.15, 0.2) is 0 Å². The maximum atomic E-state index is 13.5. The Morgan fingerprint density at radius 2 is 1.81 bits per heavy atom. The second kappa shape index (κ2) is 6.01. The molecule has 8 N–H and O–H groups in total. The van der Waals surface area contributed by atoms with E-state index >= 15 is 0 Å². The molecule has 1 aliphatic carbocycles. The van der Waals surface area contributed by atoms with Gasteiger partial charge < -0.3 is 10.6 Å². The first kappa shape index (κ1) is 18.9. The summed E-state index contributed by atoms with van der Waals surface area (Å²) in [7, 11) is -4.68. The highest BCUT2D eigenvalue weighted by atomic mass is 32.2. The van der Waals surface area contributed by atoms with Gasteiger partial charge in [0, 0.05) is 35.8 Å². The van der Waals surface area contributed by atoms with Crippen molar-refractivity contribution < 1.29 is 21.6 Å². The maximum absolute atomic E-state index is 13.5. The number of hydrazine groups is 3. The first-order valence-electron chi connectivity index (χ1n) is 8.31. The Bertz CT molecular complexity index is 866. The molecule has 1 spiro atoms. The normalized spacial score (nSPS) is 25.5. The van der Waals surface area contributed by atoms with Crippen molar-refractivity contribution in [1.29, 1.82) is 0 Å². The largest absolute Gasteiger partial charge is 0.417 e. The lowest BCUT2D eigenvalue weighted by Crippen LogP contribution is -2.34. The Morgan fingerprint density at radius 3 is 2.30 bits per heavy atom. The van der Waals surface area contributed by atoms with Crippen molar-refractivity contribution in [3.63, 3.8) is 0 Å². The predicted octanol–water partition coefficient (Wildman–Crippen LogP) is -0.604. The Labute approximate surface area is 153 Å². The highest BCUT2D eigenvalue weighted by molar-refractivity contribution is 7.89. The monoisotopic (exact) mass is 407 g/mol. The molecule has 0 bridgehead atoms. The van der Waals surface area contributed by atoms with Gasteiger partial charge in [-0.2, -0.15) is 24.2 Å². The SMILES string of the molecule is N[C@@H]1CN(c2ccc(C(F)(F)F)c(S(N)(=O)=O)c2C2NNNN2)CC12CC2. The van der Waals surface area contributed by atoms with Crippen LogP contribution in [0.3, 0.4) is 0 Å². The fraction of sp³-hybridized carbons (Fsp3) is 0.571. The van der Waals surface area contributed by atoms with Gasteiger partial charge in [-0.05, 0) is 25.0 Å². The lowest BCUT2D eigenvalue weighted by Gasteiger charge is -2.28. The van der Waals surface area contributed by atoms with Crippen LogP contribution in [0.15, 0.2) is 17.0 Å².